The predicted molar refractivity (Wildman–Crippen MR) is 101 cm³/mol. The van der Waals surface area contributed by atoms with Crippen molar-refractivity contribution in [3.8, 4) is 0 Å². The van der Waals surface area contributed by atoms with E-state index in [1.807, 2.05) is 38.1 Å². The molecule has 0 bridgehead atoms. The van der Waals surface area contributed by atoms with Gasteiger partial charge < -0.3 is 15.3 Å². The summed E-state index contributed by atoms with van der Waals surface area (Å²) in [6, 6.07) is 7.82. The lowest BCUT2D eigenvalue weighted by atomic mass is 9.65. The third-order valence-electron chi connectivity index (χ3n) is 6.28. The first-order valence-corrected chi connectivity index (χ1v) is 9.06. The lowest BCUT2D eigenvalue weighted by molar-refractivity contribution is -0.154. The molecule has 0 unspecified atom stereocenters. The van der Waals surface area contributed by atoms with Gasteiger partial charge in [-0.3, -0.25) is 9.59 Å². The van der Waals surface area contributed by atoms with Gasteiger partial charge >= 0.3 is 5.97 Å². The van der Waals surface area contributed by atoms with Crippen molar-refractivity contribution in [1.29, 1.82) is 0 Å². The van der Waals surface area contributed by atoms with Crippen molar-refractivity contribution < 1.29 is 14.7 Å². The number of carbonyl (C=O) groups is 2. The third kappa shape index (κ3) is 3.37. The summed E-state index contributed by atoms with van der Waals surface area (Å²) in [4.78, 5) is 26.7. The monoisotopic (exact) mass is 346 g/mol. The predicted octanol–water partition coefficient (Wildman–Crippen LogP) is 4.00. The van der Waals surface area contributed by atoms with Crippen LogP contribution in [-0.4, -0.2) is 30.1 Å². The SMILES string of the molecule is CCN(CC)c1ccc(NC(=O)[C@@H]2CC[C@](C)(C(=O)O)C2(C)C)cc1. The maximum absolute atomic E-state index is 12.8. The van der Waals surface area contributed by atoms with Crippen LogP contribution in [-0.2, 0) is 9.59 Å². The molecule has 1 fully saturated rings. The molecule has 0 spiro atoms. The van der Waals surface area contributed by atoms with Crippen molar-refractivity contribution in [2.24, 2.45) is 16.7 Å². The Morgan fingerprint density at radius 3 is 2.16 bits per heavy atom. The van der Waals surface area contributed by atoms with E-state index in [4.69, 9.17) is 0 Å². The Morgan fingerprint density at radius 1 is 1.16 bits per heavy atom. The number of carboxylic acids is 1. The molecule has 2 rings (SSSR count). The zero-order valence-corrected chi connectivity index (χ0v) is 15.9. The highest BCUT2D eigenvalue weighted by molar-refractivity contribution is 5.94. The van der Waals surface area contributed by atoms with Gasteiger partial charge in [0.2, 0.25) is 5.91 Å². The molecule has 2 N–H and O–H groups in total. The number of nitrogens with zero attached hydrogens (tertiary/aromatic N) is 1. The van der Waals surface area contributed by atoms with E-state index < -0.39 is 16.8 Å². The summed E-state index contributed by atoms with van der Waals surface area (Å²) in [5.74, 6) is -1.22. The standard InChI is InChI=1S/C20H30N2O3/c1-6-22(7-2)15-10-8-14(9-11-15)21-17(23)16-12-13-20(5,18(24)25)19(16,3)4/h8-11,16H,6-7,12-13H2,1-5H3,(H,21,23)(H,24,25)/t16-,20+/m0/s1. The van der Waals surface area contributed by atoms with Gasteiger partial charge in [0.15, 0.2) is 0 Å². The van der Waals surface area contributed by atoms with Gasteiger partial charge in [0.05, 0.1) is 5.41 Å². The van der Waals surface area contributed by atoms with Crippen LogP contribution in [0.1, 0.15) is 47.5 Å². The van der Waals surface area contributed by atoms with Crippen LogP contribution < -0.4 is 10.2 Å². The molecule has 138 valence electrons. The maximum Gasteiger partial charge on any atom is 0.309 e. The average Bonchev–Trinajstić information content (AvgIpc) is 2.81. The molecule has 1 aliphatic rings. The number of rotatable bonds is 6. The van der Waals surface area contributed by atoms with Gasteiger partial charge in [-0.2, -0.15) is 0 Å². The molecule has 1 aliphatic carbocycles. The molecule has 0 aliphatic heterocycles. The van der Waals surface area contributed by atoms with Crippen LogP contribution in [0.3, 0.4) is 0 Å². The van der Waals surface area contributed by atoms with Crippen LogP contribution in [0.2, 0.25) is 0 Å². The van der Waals surface area contributed by atoms with Crippen LogP contribution in [0, 0.1) is 16.7 Å². The van der Waals surface area contributed by atoms with E-state index in [0.717, 1.165) is 24.5 Å². The number of benzene rings is 1. The highest BCUT2D eigenvalue weighted by atomic mass is 16.4. The number of amides is 1. The Balaban J connectivity index is 2.11. The molecule has 2 atom stereocenters. The third-order valence-corrected chi connectivity index (χ3v) is 6.28. The molecule has 5 heteroatoms. The number of aliphatic carboxylic acids is 1. The molecule has 0 aromatic heterocycles. The van der Waals surface area contributed by atoms with Crippen molar-refractivity contribution in [2.75, 3.05) is 23.3 Å². The maximum atomic E-state index is 12.8. The molecule has 0 saturated heterocycles. The minimum Gasteiger partial charge on any atom is -0.481 e. The summed E-state index contributed by atoms with van der Waals surface area (Å²) in [7, 11) is 0. The van der Waals surface area contributed by atoms with Gasteiger partial charge in [-0.05, 0) is 63.3 Å². The van der Waals surface area contributed by atoms with E-state index in [1.54, 1.807) is 6.92 Å². The number of hydrogen-bond donors (Lipinski definition) is 2. The van der Waals surface area contributed by atoms with Crippen LogP contribution in [0.5, 0.6) is 0 Å². The van der Waals surface area contributed by atoms with Gasteiger partial charge in [-0.25, -0.2) is 0 Å². The number of hydrogen-bond acceptors (Lipinski definition) is 3. The van der Waals surface area contributed by atoms with E-state index in [1.165, 1.54) is 0 Å². The van der Waals surface area contributed by atoms with E-state index >= 15 is 0 Å². The normalized spacial score (nSPS) is 24.8. The smallest absolute Gasteiger partial charge is 0.309 e. The van der Waals surface area contributed by atoms with Gasteiger partial charge in [0.25, 0.3) is 0 Å². The van der Waals surface area contributed by atoms with Crippen molar-refractivity contribution in [3.63, 3.8) is 0 Å². The Morgan fingerprint density at radius 2 is 1.72 bits per heavy atom. The number of anilines is 2. The van der Waals surface area contributed by atoms with Crippen LogP contribution in [0.25, 0.3) is 0 Å². The van der Waals surface area contributed by atoms with E-state index in [-0.39, 0.29) is 11.8 Å². The van der Waals surface area contributed by atoms with Crippen molar-refractivity contribution >= 4 is 23.3 Å². The molecule has 1 amide bonds. The molecule has 25 heavy (non-hydrogen) atoms. The van der Waals surface area contributed by atoms with Crippen LogP contribution in [0.4, 0.5) is 11.4 Å². The first-order valence-electron chi connectivity index (χ1n) is 9.06. The van der Waals surface area contributed by atoms with Gasteiger partial charge in [0, 0.05) is 30.4 Å². The second kappa shape index (κ2) is 7.06. The van der Waals surface area contributed by atoms with Crippen LogP contribution in [0.15, 0.2) is 24.3 Å². The second-order valence-corrected chi connectivity index (χ2v) is 7.66. The molecule has 1 saturated carbocycles. The molecule has 0 heterocycles. The zero-order chi connectivity index (χ0) is 18.8. The minimum absolute atomic E-state index is 0.0921. The Bertz CT molecular complexity index is 635. The highest BCUT2D eigenvalue weighted by Gasteiger charge is 2.58. The Hall–Kier alpha value is -2.04. The summed E-state index contributed by atoms with van der Waals surface area (Å²) in [6.45, 7) is 11.6. The van der Waals surface area contributed by atoms with Crippen LogP contribution >= 0.6 is 0 Å². The van der Waals surface area contributed by atoms with E-state index in [9.17, 15) is 14.7 Å². The summed E-state index contributed by atoms with van der Waals surface area (Å²) in [5.41, 5.74) is 0.411. The van der Waals surface area contributed by atoms with E-state index in [0.29, 0.717) is 12.8 Å². The zero-order valence-electron chi connectivity index (χ0n) is 15.9. The number of carboxylic acid groups (broad SMARTS) is 1. The highest BCUT2D eigenvalue weighted by Crippen LogP contribution is 2.56. The quantitative estimate of drug-likeness (QED) is 0.817. The summed E-state index contributed by atoms with van der Waals surface area (Å²) >= 11 is 0. The lowest BCUT2D eigenvalue weighted by Crippen LogP contribution is -2.43. The van der Waals surface area contributed by atoms with Gasteiger partial charge in [-0.15, -0.1) is 0 Å². The Labute approximate surface area is 150 Å². The topological polar surface area (TPSA) is 69.6 Å². The molecule has 5 nitrogen and oxygen atoms in total. The van der Waals surface area contributed by atoms with Crippen molar-refractivity contribution in [3.05, 3.63) is 24.3 Å². The first-order chi connectivity index (χ1) is 11.7. The fourth-order valence-corrected chi connectivity index (χ4v) is 3.92. The van der Waals surface area contributed by atoms with Crippen molar-refractivity contribution in [2.45, 2.75) is 47.5 Å². The molecule has 1 aromatic carbocycles. The minimum atomic E-state index is -0.873. The number of nitrogens with one attached hydrogen (secondary N) is 1. The fraction of sp³-hybridized carbons (Fsp3) is 0.600. The largest absolute Gasteiger partial charge is 0.481 e. The lowest BCUT2D eigenvalue weighted by Gasteiger charge is -2.37. The second-order valence-electron chi connectivity index (χ2n) is 7.66. The molecular weight excluding hydrogens is 316 g/mol. The molecular formula is C20H30N2O3. The summed E-state index contributed by atoms with van der Waals surface area (Å²) < 4.78 is 0. The summed E-state index contributed by atoms with van der Waals surface area (Å²) in [5, 5.41) is 12.6. The first kappa shape index (κ1) is 19.3. The van der Waals surface area contributed by atoms with Gasteiger partial charge in [0.1, 0.15) is 0 Å². The Kier molecular flexibility index (Phi) is 5.45. The number of carbonyl (C=O) groups excluding carboxylic acids is 1. The van der Waals surface area contributed by atoms with Crippen molar-refractivity contribution in [1.82, 2.24) is 0 Å². The average molecular weight is 346 g/mol. The summed E-state index contributed by atoms with van der Waals surface area (Å²) in [6.07, 6.45) is 1.12. The molecule has 0 radical (unpaired) electrons. The van der Waals surface area contributed by atoms with Gasteiger partial charge in [-0.1, -0.05) is 13.8 Å². The molecule has 1 aromatic rings. The fourth-order valence-electron chi connectivity index (χ4n) is 3.92. The van der Waals surface area contributed by atoms with E-state index in [2.05, 4.69) is 24.1 Å².